The Morgan fingerprint density at radius 2 is 1.79 bits per heavy atom. The van der Waals surface area contributed by atoms with Gasteiger partial charge in [-0.2, -0.15) is 5.26 Å². The zero-order chi connectivity index (χ0) is 9.97. The van der Waals surface area contributed by atoms with E-state index >= 15 is 0 Å². The van der Waals surface area contributed by atoms with Crippen molar-refractivity contribution >= 4 is 10.8 Å². The van der Waals surface area contributed by atoms with Gasteiger partial charge in [0.25, 0.3) is 0 Å². The van der Waals surface area contributed by atoms with Gasteiger partial charge >= 0.3 is 0 Å². The molecule has 2 nitrogen and oxygen atoms in total. The minimum absolute atomic E-state index is 0.506. The lowest BCUT2D eigenvalue weighted by molar-refractivity contribution is 1.09. The molecule has 0 amide bonds. The topological polar surface area (TPSA) is 49.8 Å². The number of nitrogens with two attached hydrogens (primary N) is 1. The van der Waals surface area contributed by atoms with Gasteiger partial charge in [-0.1, -0.05) is 30.3 Å². The van der Waals surface area contributed by atoms with Crippen LogP contribution in [0, 0.1) is 11.3 Å². The largest absolute Gasteiger partial charge is 0.326 e. The quantitative estimate of drug-likeness (QED) is 0.734. The highest BCUT2D eigenvalue weighted by atomic mass is 14.5. The highest BCUT2D eigenvalue weighted by Crippen LogP contribution is 2.21. The van der Waals surface area contributed by atoms with E-state index in [0.29, 0.717) is 12.1 Å². The second-order valence-corrected chi connectivity index (χ2v) is 3.13. The first-order valence-corrected chi connectivity index (χ1v) is 4.47. The van der Waals surface area contributed by atoms with Gasteiger partial charge in [-0.05, 0) is 22.4 Å². The number of nitrogens with zero attached hydrogens (tertiary/aromatic N) is 1. The maximum Gasteiger partial charge on any atom is 0.0998 e. The van der Waals surface area contributed by atoms with Gasteiger partial charge in [-0.25, -0.2) is 0 Å². The molecule has 0 aromatic heterocycles. The Morgan fingerprint density at radius 3 is 2.50 bits per heavy atom. The van der Waals surface area contributed by atoms with E-state index in [1.807, 2.05) is 36.4 Å². The summed E-state index contributed by atoms with van der Waals surface area (Å²) in [4.78, 5) is 0. The first kappa shape index (κ1) is 8.74. The molecule has 0 bridgehead atoms. The Bertz CT molecular complexity index is 509. The molecule has 0 heterocycles. The molecule has 0 fully saturated rings. The highest BCUT2D eigenvalue weighted by molar-refractivity contribution is 5.90. The molecule has 2 aromatic rings. The Kier molecular flexibility index (Phi) is 2.18. The summed E-state index contributed by atoms with van der Waals surface area (Å²) >= 11 is 0. The molecule has 2 aromatic carbocycles. The molecular formula is C12H10N2. The first-order valence-electron chi connectivity index (χ1n) is 4.47. The summed E-state index contributed by atoms with van der Waals surface area (Å²) in [7, 11) is 0. The standard InChI is InChI=1S/C12H10N2/c13-7-9-3-1-5-11-10(8-14)4-2-6-12(9)11/h1-6H,7,13H2. The summed E-state index contributed by atoms with van der Waals surface area (Å²) in [6.45, 7) is 0.506. The van der Waals surface area contributed by atoms with Crippen LogP contribution in [0.25, 0.3) is 10.8 Å². The Balaban J connectivity index is 2.86. The van der Waals surface area contributed by atoms with Gasteiger partial charge < -0.3 is 5.73 Å². The van der Waals surface area contributed by atoms with Crippen molar-refractivity contribution in [3.63, 3.8) is 0 Å². The molecule has 0 saturated heterocycles. The molecule has 0 atom stereocenters. The van der Waals surface area contributed by atoms with Gasteiger partial charge in [0.05, 0.1) is 11.6 Å². The molecule has 0 radical (unpaired) electrons. The summed E-state index contributed by atoms with van der Waals surface area (Å²) in [6, 6.07) is 13.8. The van der Waals surface area contributed by atoms with Crippen molar-refractivity contribution in [2.24, 2.45) is 5.73 Å². The molecule has 0 aliphatic heterocycles. The summed E-state index contributed by atoms with van der Waals surface area (Å²) in [5.41, 5.74) is 7.41. The maximum absolute atomic E-state index is 8.92. The van der Waals surface area contributed by atoms with Crippen LogP contribution >= 0.6 is 0 Å². The number of fused-ring (bicyclic) bond motifs is 1. The molecule has 0 saturated carbocycles. The fourth-order valence-electron chi connectivity index (χ4n) is 1.65. The zero-order valence-corrected chi connectivity index (χ0v) is 7.70. The van der Waals surface area contributed by atoms with Crippen LogP contribution in [-0.2, 0) is 6.54 Å². The van der Waals surface area contributed by atoms with Gasteiger partial charge in [0.15, 0.2) is 0 Å². The van der Waals surface area contributed by atoms with E-state index in [0.717, 1.165) is 16.3 Å². The van der Waals surface area contributed by atoms with Crippen molar-refractivity contribution in [3.8, 4) is 6.07 Å². The average molecular weight is 182 g/mol. The van der Waals surface area contributed by atoms with Crippen LogP contribution in [0.15, 0.2) is 36.4 Å². The molecule has 2 rings (SSSR count). The number of benzene rings is 2. The second kappa shape index (κ2) is 3.49. The van der Waals surface area contributed by atoms with Crippen LogP contribution < -0.4 is 5.73 Å². The minimum Gasteiger partial charge on any atom is -0.326 e. The van der Waals surface area contributed by atoms with Crippen molar-refractivity contribution in [1.29, 1.82) is 5.26 Å². The van der Waals surface area contributed by atoms with Gasteiger partial charge in [0.2, 0.25) is 0 Å². The van der Waals surface area contributed by atoms with E-state index in [2.05, 4.69) is 6.07 Å². The van der Waals surface area contributed by atoms with E-state index in [9.17, 15) is 0 Å². The molecule has 68 valence electrons. The lowest BCUT2D eigenvalue weighted by atomic mass is 10.0. The fourth-order valence-corrected chi connectivity index (χ4v) is 1.65. The monoisotopic (exact) mass is 182 g/mol. The summed E-state index contributed by atoms with van der Waals surface area (Å²) < 4.78 is 0. The van der Waals surface area contributed by atoms with Gasteiger partial charge in [0, 0.05) is 6.54 Å². The SMILES string of the molecule is N#Cc1cccc2c(CN)cccc12. The summed E-state index contributed by atoms with van der Waals surface area (Å²) in [5, 5.41) is 11.0. The number of hydrogen-bond acceptors (Lipinski definition) is 2. The lowest BCUT2D eigenvalue weighted by Gasteiger charge is -2.04. The number of hydrogen-bond donors (Lipinski definition) is 1. The van der Waals surface area contributed by atoms with Crippen molar-refractivity contribution in [3.05, 3.63) is 47.5 Å². The molecule has 2 N–H and O–H groups in total. The Morgan fingerprint density at radius 1 is 1.07 bits per heavy atom. The normalized spacial score (nSPS) is 10.0. The van der Waals surface area contributed by atoms with Crippen molar-refractivity contribution in [1.82, 2.24) is 0 Å². The number of rotatable bonds is 1. The minimum atomic E-state index is 0.506. The number of nitriles is 1. The average Bonchev–Trinajstić information content (AvgIpc) is 2.27. The predicted octanol–water partition coefficient (Wildman–Crippen LogP) is 2.17. The van der Waals surface area contributed by atoms with Crippen LogP contribution in [0.2, 0.25) is 0 Å². The molecule has 0 unspecified atom stereocenters. The maximum atomic E-state index is 8.92. The van der Waals surface area contributed by atoms with Crippen LogP contribution in [0.3, 0.4) is 0 Å². The molecule has 0 aliphatic carbocycles. The Labute approximate surface area is 82.6 Å². The molecule has 2 heteroatoms. The smallest absolute Gasteiger partial charge is 0.0998 e. The predicted molar refractivity (Wildman–Crippen MR) is 56.6 cm³/mol. The summed E-state index contributed by atoms with van der Waals surface area (Å²) in [6.07, 6.45) is 0. The summed E-state index contributed by atoms with van der Waals surface area (Å²) in [5.74, 6) is 0. The third kappa shape index (κ3) is 1.24. The Hall–Kier alpha value is -1.85. The third-order valence-corrected chi connectivity index (χ3v) is 2.35. The first-order chi connectivity index (χ1) is 6.86. The molecule has 0 spiro atoms. The van der Waals surface area contributed by atoms with E-state index in [1.54, 1.807) is 0 Å². The molecular weight excluding hydrogens is 172 g/mol. The third-order valence-electron chi connectivity index (χ3n) is 2.35. The van der Waals surface area contributed by atoms with Crippen molar-refractivity contribution in [2.45, 2.75) is 6.54 Å². The zero-order valence-electron chi connectivity index (χ0n) is 7.70. The van der Waals surface area contributed by atoms with Gasteiger partial charge in [-0.15, -0.1) is 0 Å². The van der Waals surface area contributed by atoms with Crippen molar-refractivity contribution in [2.75, 3.05) is 0 Å². The van der Waals surface area contributed by atoms with Gasteiger partial charge in [0.1, 0.15) is 0 Å². The van der Waals surface area contributed by atoms with E-state index in [1.165, 1.54) is 0 Å². The van der Waals surface area contributed by atoms with Crippen molar-refractivity contribution < 1.29 is 0 Å². The molecule has 0 aliphatic rings. The molecule has 14 heavy (non-hydrogen) atoms. The van der Waals surface area contributed by atoms with Crippen LogP contribution in [0.5, 0.6) is 0 Å². The van der Waals surface area contributed by atoms with Crippen LogP contribution in [-0.4, -0.2) is 0 Å². The van der Waals surface area contributed by atoms with Crippen LogP contribution in [0.1, 0.15) is 11.1 Å². The second-order valence-electron chi connectivity index (χ2n) is 3.13. The van der Waals surface area contributed by atoms with E-state index in [4.69, 9.17) is 11.0 Å². The lowest BCUT2D eigenvalue weighted by Crippen LogP contribution is -1.97. The van der Waals surface area contributed by atoms with Gasteiger partial charge in [-0.3, -0.25) is 0 Å². The van der Waals surface area contributed by atoms with E-state index in [-0.39, 0.29) is 0 Å². The van der Waals surface area contributed by atoms with E-state index < -0.39 is 0 Å². The van der Waals surface area contributed by atoms with Crippen LogP contribution in [0.4, 0.5) is 0 Å². The highest BCUT2D eigenvalue weighted by Gasteiger charge is 2.02. The fraction of sp³-hybridized carbons (Fsp3) is 0.0833.